The van der Waals surface area contributed by atoms with Gasteiger partial charge in [-0.05, 0) is 32.4 Å². The fourth-order valence-electron chi connectivity index (χ4n) is 2.16. The van der Waals surface area contributed by atoms with Crippen molar-refractivity contribution in [3.05, 3.63) is 29.8 Å². The fourth-order valence-corrected chi connectivity index (χ4v) is 2.16. The molecule has 0 bridgehead atoms. The number of aliphatic imine (C=N–C) groups is 1. The van der Waals surface area contributed by atoms with E-state index in [1.165, 1.54) is 10.5 Å². The minimum atomic E-state index is -0.0343. The lowest BCUT2D eigenvalue weighted by molar-refractivity contribution is -0.127. The predicted octanol–water partition coefficient (Wildman–Crippen LogP) is 2.38. The summed E-state index contributed by atoms with van der Waals surface area (Å²) in [6.07, 6.45) is 0.877. The second-order valence-electron chi connectivity index (χ2n) is 6.49. The van der Waals surface area contributed by atoms with Crippen molar-refractivity contribution >= 4 is 35.8 Å². The Bertz CT molecular complexity index is 579. The van der Waals surface area contributed by atoms with Crippen LogP contribution in [0.5, 0.6) is 5.75 Å². The molecule has 1 aromatic rings. The van der Waals surface area contributed by atoms with Crippen molar-refractivity contribution in [3.63, 3.8) is 0 Å². The number of amides is 1. The molecule has 160 valence electrons. The zero-order chi connectivity index (χ0) is 20.1. The number of rotatable bonds is 11. The molecule has 0 saturated carbocycles. The van der Waals surface area contributed by atoms with E-state index >= 15 is 0 Å². The smallest absolute Gasteiger partial charge is 0.243 e. The number of guanidine groups is 1. The number of likely N-dealkylation sites (N-methyl/N-ethyl adjacent to an activating group) is 2. The summed E-state index contributed by atoms with van der Waals surface area (Å²) in [5.74, 6) is 1.50. The number of hydrogen-bond donors (Lipinski definition) is 1. The quantitative estimate of drug-likeness (QED) is 0.216. The van der Waals surface area contributed by atoms with Crippen LogP contribution in [-0.2, 0) is 9.53 Å². The third kappa shape index (κ3) is 11.3. The topological polar surface area (TPSA) is 66.4 Å². The number of ether oxygens (including phenoxy) is 2. The maximum absolute atomic E-state index is 11.8. The highest BCUT2D eigenvalue weighted by Gasteiger charge is 2.09. The van der Waals surface area contributed by atoms with E-state index in [4.69, 9.17) is 9.47 Å². The lowest BCUT2D eigenvalue weighted by Gasteiger charge is -2.23. The van der Waals surface area contributed by atoms with E-state index in [9.17, 15) is 4.79 Å². The SMILES string of the molecule is CCOCCCNC(=NCC(=O)N(C)C)N(C)CCOc1ccc(C)cc1.I. The van der Waals surface area contributed by atoms with Gasteiger partial charge in [0.1, 0.15) is 18.9 Å². The molecular formula is C20H35IN4O3. The molecule has 0 saturated heterocycles. The molecule has 1 amide bonds. The highest BCUT2D eigenvalue weighted by molar-refractivity contribution is 14.0. The Morgan fingerprint density at radius 1 is 1.14 bits per heavy atom. The largest absolute Gasteiger partial charge is 0.492 e. The molecule has 0 aromatic heterocycles. The molecule has 0 aliphatic heterocycles. The van der Waals surface area contributed by atoms with Crippen LogP contribution < -0.4 is 10.1 Å². The lowest BCUT2D eigenvalue weighted by Crippen LogP contribution is -2.42. The molecule has 0 atom stereocenters. The van der Waals surface area contributed by atoms with Gasteiger partial charge in [0.15, 0.2) is 5.96 Å². The minimum absolute atomic E-state index is 0. The van der Waals surface area contributed by atoms with E-state index in [2.05, 4.69) is 10.3 Å². The zero-order valence-corrected chi connectivity index (χ0v) is 20.1. The van der Waals surface area contributed by atoms with Gasteiger partial charge in [-0.3, -0.25) is 4.79 Å². The van der Waals surface area contributed by atoms with Crippen molar-refractivity contribution < 1.29 is 14.3 Å². The average Bonchev–Trinajstić information content (AvgIpc) is 2.65. The molecule has 0 fully saturated rings. The molecule has 0 aliphatic rings. The van der Waals surface area contributed by atoms with Crippen LogP contribution in [0, 0.1) is 6.92 Å². The monoisotopic (exact) mass is 506 g/mol. The normalized spacial score (nSPS) is 10.8. The summed E-state index contributed by atoms with van der Waals surface area (Å²) < 4.78 is 11.1. The Morgan fingerprint density at radius 3 is 2.43 bits per heavy atom. The van der Waals surface area contributed by atoms with Crippen LogP contribution in [0.2, 0.25) is 0 Å². The van der Waals surface area contributed by atoms with E-state index in [1.54, 1.807) is 14.1 Å². The molecule has 1 N–H and O–H groups in total. The maximum Gasteiger partial charge on any atom is 0.243 e. The summed E-state index contributed by atoms with van der Waals surface area (Å²) in [5, 5.41) is 3.30. The van der Waals surface area contributed by atoms with Crippen LogP contribution in [0.4, 0.5) is 0 Å². The molecule has 1 rings (SSSR count). The minimum Gasteiger partial charge on any atom is -0.492 e. The first-order valence-corrected chi connectivity index (χ1v) is 9.40. The first-order chi connectivity index (χ1) is 12.9. The van der Waals surface area contributed by atoms with Crippen molar-refractivity contribution in [2.24, 2.45) is 4.99 Å². The first kappa shape index (κ1) is 26.4. The Balaban J connectivity index is 0.00000729. The van der Waals surface area contributed by atoms with Crippen LogP contribution in [-0.4, -0.2) is 82.3 Å². The number of aryl methyl sites for hydroxylation is 1. The molecule has 0 spiro atoms. The van der Waals surface area contributed by atoms with Gasteiger partial charge in [0, 0.05) is 40.9 Å². The highest BCUT2D eigenvalue weighted by atomic mass is 127. The fraction of sp³-hybridized carbons (Fsp3) is 0.600. The zero-order valence-electron chi connectivity index (χ0n) is 17.7. The second kappa shape index (κ2) is 15.4. The van der Waals surface area contributed by atoms with E-state index in [0.29, 0.717) is 32.3 Å². The Hall–Kier alpha value is -1.55. The van der Waals surface area contributed by atoms with E-state index < -0.39 is 0 Å². The van der Waals surface area contributed by atoms with Crippen LogP contribution in [0.15, 0.2) is 29.3 Å². The Morgan fingerprint density at radius 2 is 1.82 bits per heavy atom. The van der Waals surface area contributed by atoms with Crippen LogP contribution in [0.25, 0.3) is 0 Å². The molecule has 0 radical (unpaired) electrons. The summed E-state index contributed by atoms with van der Waals surface area (Å²) in [5.41, 5.74) is 1.20. The Kier molecular flexibility index (Phi) is 14.5. The van der Waals surface area contributed by atoms with Crippen LogP contribution in [0.1, 0.15) is 18.9 Å². The molecule has 0 unspecified atom stereocenters. The van der Waals surface area contributed by atoms with Crippen molar-refractivity contribution in [2.75, 3.05) is 60.6 Å². The van der Waals surface area contributed by atoms with Gasteiger partial charge in [-0.15, -0.1) is 24.0 Å². The number of hydrogen-bond acceptors (Lipinski definition) is 4. The summed E-state index contributed by atoms with van der Waals surface area (Å²) in [4.78, 5) is 19.8. The molecule has 0 aliphatic carbocycles. The molecule has 1 aromatic carbocycles. The third-order valence-electron chi connectivity index (χ3n) is 3.89. The van der Waals surface area contributed by atoms with Crippen LogP contribution in [0.3, 0.4) is 0 Å². The van der Waals surface area contributed by atoms with Gasteiger partial charge in [-0.25, -0.2) is 4.99 Å². The van der Waals surface area contributed by atoms with Gasteiger partial charge >= 0.3 is 0 Å². The number of carbonyl (C=O) groups excluding carboxylic acids is 1. The molecule has 28 heavy (non-hydrogen) atoms. The van der Waals surface area contributed by atoms with Gasteiger partial charge in [0.25, 0.3) is 0 Å². The van der Waals surface area contributed by atoms with Gasteiger partial charge in [-0.1, -0.05) is 17.7 Å². The van der Waals surface area contributed by atoms with E-state index in [-0.39, 0.29) is 36.4 Å². The standard InChI is InChI=1S/C20H34N4O3.HI/c1-6-26-14-7-12-21-20(22-16-19(25)23(3)4)24(5)13-15-27-18-10-8-17(2)9-11-18;/h8-11H,6-7,12-16H2,1-5H3,(H,21,22);1H. The van der Waals surface area contributed by atoms with Crippen molar-refractivity contribution in [1.29, 1.82) is 0 Å². The van der Waals surface area contributed by atoms with Crippen molar-refractivity contribution in [1.82, 2.24) is 15.1 Å². The van der Waals surface area contributed by atoms with Gasteiger partial charge < -0.3 is 24.6 Å². The summed E-state index contributed by atoms with van der Waals surface area (Å²) >= 11 is 0. The summed E-state index contributed by atoms with van der Waals surface area (Å²) in [7, 11) is 5.39. The molecular weight excluding hydrogens is 471 g/mol. The number of nitrogens with zero attached hydrogens (tertiary/aromatic N) is 3. The van der Waals surface area contributed by atoms with Crippen molar-refractivity contribution in [3.8, 4) is 5.75 Å². The maximum atomic E-state index is 11.8. The number of nitrogens with one attached hydrogen (secondary N) is 1. The van der Waals surface area contributed by atoms with Gasteiger partial charge in [0.05, 0.1) is 6.54 Å². The highest BCUT2D eigenvalue weighted by Crippen LogP contribution is 2.11. The average molecular weight is 506 g/mol. The number of halogens is 1. The summed E-state index contributed by atoms with van der Waals surface area (Å²) in [6.45, 7) is 7.48. The first-order valence-electron chi connectivity index (χ1n) is 9.40. The molecule has 7 nitrogen and oxygen atoms in total. The number of benzene rings is 1. The number of carbonyl (C=O) groups is 1. The molecule has 0 heterocycles. The lowest BCUT2D eigenvalue weighted by atomic mass is 10.2. The molecule has 8 heteroatoms. The summed E-state index contributed by atoms with van der Waals surface area (Å²) in [6, 6.07) is 7.98. The second-order valence-corrected chi connectivity index (χ2v) is 6.49. The van der Waals surface area contributed by atoms with Gasteiger partial charge in [-0.2, -0.15) is 0 Å². The third-order valence-corrected chi connectivity index (χ3v) is 3.89. The van der Waals surface area contributed by atoms with Gasteiger partial charge in [0.2, 0.25) is 5.91 Å². The van der Waals surface area contributed by atoms with E-state index in [0.717, 1.165) is 18.7 Å². The van der Waals surface area contributed by atoms with E-state index in [1.807, 2.05) is 50.1 Å². The van der Waals surface area contributed by atoms with Crippen molar-refractivity contribution in [2.45, 2.75) is 20.3 Å². The van der Waals surface area contributed by atoms with Crippen LogP contribution >= 0.6 is 24.0 Å². The predicted molar refractivity (Wildman–Crippen MR) is 125 cm³/mol. The Labute approximate surface area is 186 Å².